The van der Waals surface area contributed by atoms with Gasteiger partial charge in [0, 0.05) is 11.4 Å². The molecule has 0 aliphatic carbocycles. The second kappa shape index (κ2) is 7.11. The van der Waals surface area contributed by atoms with Crippen LogP contribution in [0.15, 0.2) is 18.2 Å². The standard InChI is InChI=1S/C13H16ClNO4/c1-8-2-3-9(6-10(8)14)4-5-12(17)15-11(7-16)13(18)19/h2-3,6,11,16H,4-5,7H2,1H3,(H,15,17)(H,18,19)/t11-/m1/s1. The zero-order valence-corrected chi connectivity index (χ0v) is 11.3. The first-order valence-corrected chi connectivity index (χ1v) is 6.20. The van der Waals surface area contributed by atoms with Crippen LogP contribution in [0.5, 0.6) is 0 Å². The maximum Gasteiger partial charge on any atom is 0.328 e. The van der Waals surface area contributed by atoms with E-state index in [2.05, 4.69) is 5.32 Å². The average molecular weight is 286 g/mol. The van der Waals surface area contributed by atoms with Crippen molar-refractivity contribution in [3.05, 3.63) is 34.3 Å². The Kier molecular flexibility index (Phi) is 5.79. The van der Waals surface area contributed by atoms with Crippen molar-refractivity contribution in [2.75, 3.05) is 6.61 Å². The first-order valence-electron chi connectivity index (χ1n) is 5.82. The summed E-state index contributed by atoms with van der Waals surface area (Å²) in [5, 5.41) is 20.3. The maximum absolute atomic E-state index is 11.5. The number of nitrogens with one attached hydrogen (secondary N) is 1. The molecule has 1 amide bonds. The van der Waals surface area contributed by atoms with Gasteiger partial charge in [-0.2, -0.15) is 0 Å². The van der Waals surface area contributed by atoms with Crippen molar-refractivity contribution < 1.29 is 19.8 Å². The van der Waals surface area contributed by atoms with Gasteiger partial charge in [0.25, 0.3) is 0 Å². The number of carboxylic acids is 1. The number of carbonyl (C=O) groups is 2. The van der Waals surface area contributed by atoms with Crippen LogP contribution >= 0.6 is 11.6 Å². The lowest BCUT2D eigenvalue weighted by atomic mass is 10.1. The Morgan fingerprint density at radius 2 is 2.11 bits per heavy atom. The van der Waals surface area contributed by atoms with E-state index in [1.54, 1.807) is 6.07 Å². The Balaban J connectivity index is 2.49. The quantitative estimate of drug-likeness (QED) is 0.731. The van der Waals surface area contributed by atoms with Crippen molar-refractivity contribution in [1.82, 2.24) is 5.32 Å². The molecule has 0 bridgehead atoms. The molecule has 3 N–H and O–H groups in total. The van der Waals surface area contributed by atoms with Crippen LogP contribution < -0.4 is 5.32 Å². The van der Waals surface area contributed by atoms with Gasteiger partial charge in [0.1, 0.15) is 6.04 Å². The number of aryl methyl sites for hydroxylation is 2. The highest BCUT2D eigenvalue weighted by Gasteiger charge is 2.18. The normalized spacial score (nSPS) is 11.9. The minimum atomic E-state index is -1.26. The molecule has 5 nitrogen and oxygen atoms in total. The fourth-order valence-electron chi connectivity index (χ4n) is 1.50. The number of hydrogen-bond acceptors (Lipinski definition) is 3. The smallest absolute Gasteiger partial charge is 0.328 e. The molecular formula is C13H16ClNO4. The molecule has 0 fully saturated rings. The molecule has 0 heterocycles. The molecule has 0 aromatic heterocycles. The van der Waals surface area contributed by atoms with E-state index < -0.39 is 24.5 Å². The number of halogens is 1. The fraction of sp³-hybridized carbons (Fsp3) is 0.385. The van der Waals surface area contributed by atoms with Gasteiger partial charge in [-0.05, 0) is 30.5 Å². The summed E-state index contributed by atoms with van der Waals surface area (Å²) >= 11 is 5.97. The molecule has 0 aliphatic heterocycles. The van der Waals surface area contributed by atoms with Crippen LogP contribution in [0.1, 0.15) is 17.5 Å². The van der Waals surface area contributed by atoms with Gasteiger partial charge >= 0.3 is 5.97 Å². The van der Waals surface area contributed by atoms with E-state index in [0.29, 0.717) is 11.4 Å². The van der Waals surface area contributed by atoms with Crippen molar-refractivity contribution in [2.45, 2.75) is 25.8 Å². The SMILES string of the molecule is Cc1ccc(CCC(=O)N[C@H](CO)C(=O)O)cc1Cl. The molecule has 0 unspecified atom stereocenters. The van der Waals surface area contributed by atoms with Crippen LogP contribution in [0, 0.1) is 6.92 Å². The van der Waals surface area contributed by atoms with Crippen molar-refractivity contribution in [2.24, 2.45) is 0 Å². The Labute approximate surface area is 116 Å². The largest absolute Gasteiger partial charge is 0.480 e. The second-order valence-corrected chi connectivity index (χ2v) is 4.63. The number of rotatable bonds is 6. The molecule has 0 radical (unpaired) electrons. The van der Waals surface area contributed by atoms with Crippen molar-refractivity contribution in [3.8, 4) is 0 Å². The number of aliphatic hydroxyl groups is 1. The number of aliphatic hydroxyl groups excluding tert-OH is 1. The van der Waals surface area contributed by atoms with Crippen LogP contribution in [0.25, 0.3) is 0 Å². The Bertz CT molecular complexity index is 476. The highest BCUT2D eigenvalue weighted by Crippen LogP contribution is 2.17. The predicted molar refractivity (Wildman–Crippen MR) is 71.2 cm³/mol. The van der Waals surface area contributed by atoms with E-state index in [4.69, 9.17) is 21.8 Å². The lowest BCUT2D eigenvalue weighted by Gasteiger charge is -2.11. The molecule has 1 aromatic carbocycles. The summed E-state index contributed by atoms with van der Waals surface area (Å²) in [7, 11) is 0. The van der Waals surface area contributed by atoms with E-state index in [1.807, 2.05) is 19.1 Å². The van der Waals surface area contributed by atoms with Crippen molar-refractivity contribution in [3.63, 3.8) is 0 Å². The molecule has 1 atom stereocenters. The van der Waals surface area contributed by atoms with Crippen molar-refractivity contribution in [1.29, 1.82) is 0 Å². The summed E-state index contributed by atoms with van der Waals surface area (Å²) in [6.45, 7) is 1.26. The molecule has 0 spiro atoms. The molecule has 0 aliphatic rings. The third-order valence-electron chi connectivity index (χ3n) is 2.69. The molecule has 104 valence electrons. The van der Waals surface area contributed by atoms with Crippen LogP contribution in [0.2, 0.25) is 5.02 Å². The van der Waals surface area contributed by atoms with Gasteiger partial charge < -0.3 is 15.5 Å². The molecular weight excluding hydrogens is 270 g/mol. The molecule has 1 aromatic rings. The average Bonchev–Trinajstić information content (AvgIpc) is 2.37. The van der Waals surface area contributed by atoms with Crippen LogP contribution in [0.4, 0.5) is 0 Å². The fourth-order valence-corrected chi connectivity index (χ4v) is 1.70. The summed E-state index contributed by atoms with van der Waals surface area (Å²) in [4.78, 5) is 22.2. The van der Waals surface area contributed by atoms with Gasteiger partial charge in [0.2, 0.25) is 5.91 Å². The van der Waals surface area contributed by atoms with E-state index in [1.165, 1.54) is 0 Å². The number of amides is 1. The first kappa shape index (κ1) is 15.5. The molecule has 1 rings (SSSR count). The number of hydrogen-bond donors (Lipinski definition) is 3. The molecule has 0 saturated heterocycles. The lowest BCUT2D eigenvalue weighted by molar-refractivity contribution is -0.142. The van der Waals surface area contributed by atoms with Crippen molar-refractivity contribution >= 4 is 23.5 Å². The number of benzene rings is 1. The molecule has 0 saturated carbocycles. The van der Waals surface area contributed by atoms with Gasteiger partial charge in [0.15, 0.2) is 0 Å². The highest BCUT2D eigenvalue weighted by atomic mass is 35.5. The zero-order valence-electron chi connectivity index (χ0n) is 10.5. The lowest BCUT2D eigenvalue weighted by Crippen LogP contribution is -2.43. The minimum Gasteiger partial charge on any atom is -0.480 e. The number of carbonyl (C=O) groups excluding carboxylic acids is 1. The zero-order chi connectivity index (χ0) is 14.4. The van der Waals surface area contributed by atoms with Gasteiger partial charge in [-0.1, -0.05) is 23.7 Å². The number of carboxylic acid groups (broad SMARTS) is 1. The van der Waals surface area contributed by atoms with Crippen LogP contribution in [0.3, 0.4) is 0 Å². The van der Waals surface area contributed by atoms with Crippen LogP contribution in [-0.2, 0) is 16.0 Å². The maximum atomic E-state index is 11.5. The van der Waals surface area contributed by atoms with Gasteiger partial charge in [-0.25, -0.2) is 4.79 Å². The molecule has 19 heavy (non-hydrogen) atoms. The molecule has 6 heteroatoms. The summed E-state index contributed by atoms with van der Waals surface area (Å²) < 4.78 is 0. The van der Waals surface area contributed by atoms with E-state index in [9.17, 15) is 9.59 Å². The number of aliphatic carboxylic acids is 1. The second-order valence-electron chi connectivity index (χ2n) is 4.22. The minimum absolute atomic E-state index is 0.142. The summed E-state index contributed by atoms with van der Waals surface area (Å²) in [5.41, 5.74) is 1.86. The first-order chi connectivity index (χ1) is 8.93. The highest BCUT2D eigenvalue weighted by molar-refractivity contribution is 6.31. The summed E-state index contributed by atoms with van der Waals surface area (Å²) in [6.07, 6.45) is 0.604. The van der Waals surface area contributed by atoms with Gasteiger partial charge in [-0.3, -0.25) is 4.79 Å². The summed E-state index contributed by atoms with van der Waals surface area (Å²) in [5.74, 6) is -1.67. The Hall–Kier alpha value is -1.59. The third-order valence-corrected chi connectivity index (χ3v) is 3.10. The predicted octanol–water partition coefficient (Wildman–Crippen LogP) is 1.14. The van der Waals surface area contributed by atoms with Crippen LogP contribution in [-0.4, -0.2) is 34.7 Å². The third kappa shape index (κ3) is 4.89. The van der Waals surface area contributed by atoms with Gasteiger partial charge in [-0.15, -0.1) is 0 Å². The van der Waals surface area contributed by atoms with E-state index in [0.717, 1.165) is 11.1 Å². The Morgan fingerprint density at radius 3 is 2.63 bits per heavy atom. The monoisotopic (exact) mass is 285 g/mol. The Morgan fingerprint density at radius 1 is 1.42 bits per heavy atom. The van der Waals surface area contributed by atoms with Gasteiger partial charge in [0.05, 0.1) is 6.61 Å². The van der Waals surface area contributed by atoms with E-state index in [-0.39, 0.29) is 6.42 Å². The van der Waals surface area contributed by atoms with E-state index >= 15 is 0 Å². The topological polar surface area (TPSA) is 86.6 Å². The summed E-state index contributed by atoms with van der Waals surface area (Å²) in [6, 6.07) is 4.26.